The molecule has 2 heterocycles. The quantitative estimate of drug-likeness (QED) is 0.679. The van der Waals surface area contributed by atoms with E-state index in [9.17, 15) is 0 Å². The molecule has 14 heavy (non-hydrogen) atoms. The average Bonchev–Trinajstić information content (AvgIpc) is 2.29. The second-order valence-electron chi connectivity index (χ2n) is 3.23. The lowest BCUT2D eigenvalue weighted by Crippen LogP contribution is -2.05. The number of benzene rings is 1. The van der Waals surface area contributed by atoms with Crippen LogP contribution in [0.15, 0.2) is 30.6 Å². The van der Waals surface area contributed by atoms with Crippen LogP contribution in [0.5, 0.6) is 0 Å². The third-order valence-electron chi connectivity index (χ3n) is 2.37. The van der Waals surface area contributed by atoms with Gasteiger partial charge in [-0.25, -0.2) is 0 Å². The summed E-state index contributed by atoms with van der Waals surface area (Å²) in [5.41, 5.74) is 4.19. The van der Waals surface area contributed by atoms with E-state index in [-0.39, 0.29) is 0 Å². The lowest BCUT2D eigenvalue weighted by atomic mass is 10.1. The first-order valence-corrected chi connectivity index (χ1v) is 4.59. The zero-order valence-corrected chi connectivity index (χ0v) is 7.57. The van der Waals surface area contributed by atoms with Crippen molar-refractivity contribution >= 4 is 22.8 Å². The van der Waals surface area contributed by atoms with Crippen molar-refractivity contribution in [2.45, 2.75) is 0 Å². The van der Waals surface area contributed by atoms with Crippen molar-refractivity contribution in [2.24, 2.45) is 0 Å². The molecule has 0 spiro atoms. The Morgan fingerprint density at radius 1 is 1.14 bits per heavy atom. The first-order valence-electron chi connectivity index (χ1n) is 4.59. The normalized spacial score (nSPS) is 13.7. The molecule has 1 aliphatic rings. The van der Waals surface area contributed by atoms with Gasteiger partial charge in [-0.15, -0.1) is 0 Å². The van der Waals surface area contributed by atoms with E-state index in [1.165, 1.54) is 0 Å². The van der Waals surface area contributed by atoms with Crippen LogP contribution < -0.4 is 5.32 Å². The monoisotopic (exact) mass is 183 g/mol. The van der Waals surface area contributed by atoms with Crippen LogP contribution in [0.3, 0.4) is 0 Å². The summed E-state index contributed by atoms with van der Waals surface area (Å²) < 4.78 is 0. The first-order chi connectivity index (χ1) is 6.95. The Kier molecular flexibility index (Phi) is 1.50. The van der Waals surface area contributed by atoms with Crippen LogP contribution in [0.25, 0.3) is 17.1 Å². The lowest BCUT2D eigenvalue weighted by Gasteiger charge is -2.13. The molecular formula is C11H9N3. The summed E-state index contributed by atoms with van der Waals surface area (Å²) >= 11 is 0. The highest BCUT2D eigenvalue weighted by atomic mass is 14.9. The Bertz CT molecular complexity index is 517. The number of aromatic nitrogens is 2. The largest absolute Gasteiger partial charge is 0.381 e. The van der Waals surface area contributed by atoms with Crippen LogP contribution in [-0.4, -0.2) is 16.5 Å². The fraction of sp³-hybridized carbons (Fsp3) is 0.0909. The molecule has 3 heteroatoms. The molecule has 0 saturated heterocycles. The van der Waals surface area contributed by atoms with Gasteiger partial charge in [0, 0.05) is 30.2 Å². The predicted molar refractivity (Wildman–Crippen MR) is 57.1 cm³/mol. The lowest BCUT2D eigenvalue weighted by molar-refractivity contribution is 1.26. The standard InChI is InChI=1S/C11H9N3/c1-2-8-9(12-5-1)3-4-10-11(8)14-7-6-13-10/h1-4,6-7,12H,5H2. The van der Waals surface area contributed by atoms with Crippen LogP contribution in [0.4, 0.5) is 5.69 Å². The van der Waals surface area contributed by atoms with Crippen molar-refractivity contribution < 1.29 is 0 Å². The summed E-state index contributed by atoms with van der Waals surface area (Å²) in [5.74, 6) is 0. The fourth-order valence-electron chi connectivity index (χ4n) is 1.73. The number of nitrogens with zero attached hydrogens (tertiary/aromatic N) is 2. The number of hydrogen-bond donors (Lipinski definition) is 1. The zero-order valence-electron chi connectivity index (χ0n) is 7.57. The highest BCUT2D eigenvalue weighted by Gasteiger charge is 2.08. The molecule has 0 unspecified atom stereocenters. The Morgan fingerprint density at radius 2 is 2.07 bits per heavy atom. The summed E-state index contributed by atoms with van der Waals surface area (Å²) in [4.78, 5) is 8.61. The summed E-state index contributed by atoms with van der Waals surface area (Å²) in [6.45, 7) is 0.888. The maximum atomic E-state index is 4.34. The van der Waals surface area contributed by atoms with Crippen molar-refractivity contribution in [1.82, 2.24) is 9.97 Å². The maximum absolute atomic E-state index is 4.34. The Morgan fingerprint density at radius 3 is 3.07 bits per heavy atom. The molecule has 1 aromatic heterocycles. The van der Waals surface area contributed by atoms with Crippen molar-refractivity contribution in [2.75, 3.05) is 11.9 Å². The third kappa shape index (κ3) is 0.988. The van der Waals surface area contributed by atoms with Gasteiger partial charge >= 0.3 is 0 Å². The van der Waals surface area contributed by atoms with E-state index in [1.54, 1.807) is 12.4 Å². The number of hydrogen-bond acceptors (Lipinski definition) is 3. The molecule has 1 aliphatic heterocycles. The molecule has 3 nitrogen and oxygen atoms in total. The predicted octanol–water partition coefficient (Wildman–Crippen LogP) is 2.07. The summed E-state index contributed by atoms with van der Waals surface area (Å²) in [7, 11) is 0. The van der Waals surface area contributed by atoms with Crippen LogP contribution >= 0.6 is 0 Å². The maximum Gasteiger partial charge on any atom is 0.0979 e. The molecule has 0 saturated carbocycles. The molecule has 0 atom stereocenters. The van der Waals surface area contributed by atoms with Crippen LogP contribution in [0, 0.1) is 0 Å². The highest BCUT2D eigenvalue weighted by molar-refractivity contribution is 5.91. The van der Waals surface area contributed by atoms with Crippen molar-refractivity contribution in [1.29, 1.82) is 0 Å². The molecule has 0 aliphatic carbocycles. The van der Waals surface area contributed by atoms with Gasteiger partial charge in [0.2, 0.25) is 0 Å². The van der Waals surface area contributed by atoms with E-state index in [4.69, 9.17) is 0 Å². The molecule has 3 rings (SSSR count). The SMILES string of the molecule is C1=Cc2c(ccc3nccnc23)NC1. The molecule has 1 N–H and O–H groups in total. The van der Waals surface area contributed by atoms with E-state index >= 15 is 0 Å². The van der Waals surface area contributed by atoms with Crippen molar-refractivity contribution in [3.63, 3.8) is 0 Å². The summed E-state index contributed by atoms with van der Waals surface area (Å²) in [6, 6.07) is 4.04. The van der Waals surface area contributed by atoms with Crippen LogP contribution in [-0.2, 0) is 0 Å². The first kappa shape index (κ1) is 7.50. The molecule has 0 amide bonds. The number of anilines is 1. The van der Waals surface area contributed by atoms with Gasteiger partial charge in [-0.05, 0) is 12.1 Å². The smallest absolute Gasteiger partial charge is 0.0979 e. The van der Waals surface area contributed by atoms with Crippen molar-refractivity contribution in [3.05, 3.63) is 36.2 Å². The molecule has 0 fully saturated rings. The van der Waals surface area contributed by atoms with Crippen molar-refractivity contribution in [3.8, 4) is 0 Å². The van der Waals surface area contributed by atoms with Crippen LogP contribution in [0.1, 0.15) is 5.56 Å². The fourth-order valence-corrected chi connectivity index (χ4v) is 1.73. The van der Waals surface area contributed by atoms with E-state index in [1.807, 2.05) is 6.07 Å². The van der Waals surface area contributed by atoms with E-state index in [2.05, 4.69) is 33.5 Å². The van der Waals surface area contributed by atoms with Gasteiger partial charge < -0.3 is 5.32 Å². The van der Waals surface area contributed by atoms with Gasteiger partial charge in [-0.3, -0.25) is 9.97 Å². The van der Waals surface area contributed by atoms with Gasteiger partial charge in [-0.1, -0.05) is 12.2 Å². The van der Waals surface area contributed by atoms with Gasteiger partial charge in [0.25, 0.3) is 0 Å². The van der Waals surface area contributed by atoms with Gasteiger partial charge in [-0.2, -0.15) is 0 Å². The van der Waals surface area contributed by atoms with Gasteiger partial charge in [0.15, 0.2) is 0 Å². The molecule has 68 valence electrons. The molecule has 1 aromatic carbocycles. The van der Waals surface area contributed by atoms with E-state index in [0.29, 0.717) is 0 Å². The summed E-state index contributed by atoms with van der Waals surface area (Å²) in [6.07, 6.45) is 7.64. The third-order valence-corrected chi connectivity index (χ3v) is 2.37. The van der Waals surface area contributed by atoms with Gasteiger partial charge in [0.05, 0.1) is 11.0 Å². The molecule has 2 aromatic rings. The number of fused-ring (bicyclic) bond motifs is 3. The second-order valence-corrected chi connectivity index (χ2v) is 3.23. The average molecular weight is 183 g/mol. The van der Waals surface area contributed by atoms with E-state index < -0.39 is 0 Å². The highest BCUT2D eigenvalue weighted by Crippen LogP contribution is 2.26. The minimum Gasteiger partial charge on any atom is -0.381 e. The molecule has 0 bridgehead atoms. The second kappa shape index (κ2) is 2.80. The number of nitrogens with one attached hydrogen (secondary N) is 1. The molecule has 0 radical (unpaired) electrons. The minimum absolute atomic E-state index is 0.888. The minimum atomic E-state index is 0.888. The van der Waals surface area contributed by atoms with Gasteiger partial charge in [0.1, 0.15) is 0 Å². The van der Waals surface area contributed by atoms with E-state index in [0.717, 1.165) is 28.8 Å². The Hall–Kier alpha value is -1.90. The van der Waals surface area contributed by atoms with Crippen LogP contribution in [0.2, 0.25) is 0 Å². The topological polar surface area (TPSA) is 37.8 Å². The zero-order chi connectivity index (χ0) is 9.38. The summed E-state index contributed by atoms with van der Waals surface area (Å²) in [5, 5.41) is 3.30. The molecular weight excluding hydrogens is 174 g/mol. The Labute approximate surface area is 81.5 Å². The number of rotatable bonds is 0. The Balaban J connectivity index is 2.42.